The van der Waals surface area contributed by atoms with Crippen LogP contribution in [0.3, 0.4) is 0 Å². The first-order chi connectivity index (χ1) is 14.5. The highest BCUT2D eigenvalue weighted by molar-refractivity contribution is 5.95. The summed E-state index contributed by atoms with van der Waals surface area (Å²) in [7, 11) is 4.32. The van der Waals surface area contributed by atoms with Crippen LogP contribution in [0.5, 0.6) is 17.2 Å². The molecule has 1 amide bonds. The zero-order valence-electron chi connectivity index (χ0n) is 17.1. The van der Waals surface area contributed by atoms with E-state index < -0.39 is 12.6 Å². The van der Waals surface area contributed by atoms with Crippen LogP contribution in [0.2, 0.25) is 0 Å². The van der Waals surface area contributed by atoms with E-state index in [1.807, 2.05) is 0 Å². The molecule has 2 aromatic carbocycles. The average molecular weight is 417 g/mol. The molecule has 0 aliphatic heterocycles. The molecule has 0 bridgehead atoms. The highest BCUT2D eigenvalue weighted by Crippen LogP contribution is 2.35. The maximum absolute atomic E-state index is 14.0. The second kappa shape index (κ2) is 9.47. The highest BCUT2D eigenvalue weighted by atomic mass is 19.1. The van der Waals surface area contributed by atoms with E-state index in [0.29, 0.717) is 17.1 Å². The van der Waals surface area contributed by atoms with Gasteiger partial charge >= 0.3 is 5.97 Å². The molecule has 1 fully saturated rings. The predicted octanol–water partition coefficient (Wildman–Crippen LogP) is 3.20. The van der Waals surface area contributed by atoms with Crippen LogP contribution in [0.15, 0.2) is 36.4 Å². The first-order valence-electron chi connectivity index (χ1n) is 9.48. The van der Waals surface area contributed by atoms with Crippen molar-refractivity contribution in [3.05, 3.63) is 53.3 Å². The van der Waals surface area contributed by atoms with Gasteiger partial charge in [0.2, 0.25) is 0 Å². The van der Waals surface area contributed by atoms with Gasteiger partial charge in [-0.25, -0.2) is 9.18 Å². The molecule has 160 valence electrons. The fraction of sp³-hybridized carbons (Fsp3) is 0.364. The van der Waals surface area contributed by atoms with Gasteiger partial charge in [-0.1, -0.05) is 18.2 Å². The van der Waals surface area contributed by atoms with Crippen molar-refractivity contribution in [3.8, 4) is 17.2 Å². The van der Waals surface area contributed by atoms with Gasteiger partial charge in [-0.15, -0.1) is 0 Å². The van der Waals surface area contributed by atoms with Crippen LogP contribution in [0.25, 0.3) is 0 Å². The van der Waals surface area contributed by atoms with Crippen molar-refractivity contribution in [1.82, 2.24) is 4.90 Å². The van der Waals surface area contributed by atoms with Crippen molar-refractivity contribution < 1.29 is 32.9 Å². The van der Waals surface area contributed by atoms with Crippen LogP contribution in [0.1, 0.15) is 28.8 Å². The molecule has 0 aromatic heterocycles. The third-order valence-electron chi connectivity index (χ3n) is 4.86. The second-order valence-corrected chi connectivity index (χ2v) is 6.83. The first kappa shape index (κ1) is 21.4. The van der Waals surface area contributed by atoms with E-state index in [1.165, 1.54) is 39.5 Å². The number of methoxy groups -OCH3 is 3. The first-order valence-corrected chi connectivity index (χ1v) is 9.48. The number of benzene rings is 2. The average Bonchev–Trinajstić information content (AvgIpc) is 3.60. The minimum Gasteiger partial charge on any atom is -0.496 e. The van der Waals surface area contributed by atoms with Crippen molar-refractivity contribution in [2.45, 2.75) is 25.4 Å². The van der Waals surface area contributed by atoms with E-state index in [2.05, 4.69) is 0 Å². The fourth-order valence-electron chi connectivity index (χ4n) is 3.09. The van der Waals surface area contributed by atoms with Crippen LogP contribution in [-0.2, 0) is 16.1 Å². The van der Waals surface area contributed by atoms with Gasteiger partial charge in [-0.2, -0.15) is 0 Å². The highest BCUT2D eigenvalue weighted by Gasteiger charge is 2.33. The Labute approximate surface area is 174 Å². The molecular formula is C22H24FNO6. The van der Waals surface area contributed by atoms with Crippen molar-refractivity contribution in [2.75, 3.05) is 27.9 Å². The van der Waals surface area contributed by atoms with Gasteiger partial charge in [0.25, 0.3) is 5.91 Å². The normalized spacial score (nSPS) is 12.8. The molecule has 1 aliphatic carbocycles. The summed E-state index contributed by atoms with van der Waals surface area (Å²) in [4.78, 5) is 26.8. The topological polar surface area (TPSA) is 74.3 Å². The van der Waals surface area contributed by atoms with Gasteiger partial charge in [0.1, 0.15) is 17.1 Å². The zero-order chi connectivity index (χ0) is 21.7. The number of halogens is 1. The molecule has 0 N–H and O–H groups in total. The van der Waals surface area contributed by atoms with Gasteiger partial charge in [0, 0.05) is 30.3 Å². The molecule has 0 heterocycles. The third kappa shape index (κ3) is 4.82. The van der Waals surface area contributed by atoms with E-state index in [0.717, 1.165) is 12.8 Å². The monoisotopic (exact) mass is 417 g/mol. The molecule has 0 spiro atoms. The van der Waals surface area contributed by atoms with E-state index in [9.17, 15) is 14.0 Å². The summed E-state index contributed by atoms with van der Waals surface area (Å²) in [6.07, 6.45) is 1.69. The minimum atomic E-state index is -0.734. The SMILES string of the molecule is COc1cc(OC)c(C(=O)OCC(=O)N(Cc2ccccc2F)C2CC2)cc1OC. The molecule has 3 rings (SSSR count). The van der Waals surface area contributed by atoms with Crippen LogP contribution < -0.4 is 14.2 Å². The van der Waals surface area contributed by atoms with Gasteiger partial charge in [-0.05, 0) is 18.9 Å². The van der Waals surface area contributed by atoms with Crippen molar-refractivity contribution in [3.63, 3.8) is 0 Å². The molecule has 0 saturated heterocycles. The van der Waals surface area contributed by atoms with E-state index >= 15 is 0 Å². The third-order valence-corrected chi connectivity index (χ3v) is 4.86. The number of esters is 1. The number of nitrogens with zero attached hydrogens (tertiary/aromatic N) is 1. The Kier molecular flexibility index (Phi) is 6.76. The lowest BCUT2D eigenvalue weighted by atomic mass is 10.1. The lowest BCUT2D eigenvalue weighted by molar-refractivity contribution is -0.135. The Balaban J connectivity index is 1.70. The number of carbonyl (C=O) groups is 2. The predicted molar refractivity (Wildman–Crippen MR) is 106 cm³/mol. The molecule has 0 unspecified atom stereocenters. The van der Waals surface area contributed by atoms with Crippen LogP contribution in [-0.4, -0.2) is 50.8 Å². The Hall–Kier alpha value is -3.29. The van der Waals surface area contributed by atoms with Crippen molar-refractivity contribution in [2.24, 2.45) is 0 Å². The summed E-state index contributed by atoms with van der Waals surface area (Å²) >= 11 is 0. The Morgan fingerprint density at radius 3 is 2.23 bits per heavy atom. The molecule has 0 radical (unpaired) electrons. The second-order valence-electron chi connectivity index (χ2n) is 6.83. The maximum atomic E-state index is 14.0. The van der Waals surface area contributed by atoms with Gasteiger partial charge in [-0.3, -0.25) is 4.79 Å². The molecule has 1 saturated carbocycles. The number of hydrogen-bond donors (Lipinski definition) is 0. The number of ether oxygens (including phenoxy) is 4. The van der Waals surface area contributed by atoms with Gasteiger partial charge < -0.3 is 23.8 Å². The number of carbonyl (C=O) groups excluding carboxylic acids is 2. The Bertz CT molecular complexity index is 928. The van der Waals surface area contributed by atoms with Gasteiger partial charge in [0.15, 0.2) is 18.1 Å². The largest absolute Gasteiger partial charge is 0.496 e. The standard InChI is InChI=1S/C22H24FNO6/c1-27-18-11-20(29-3)19(28-2)10-16(18)22(26)30-13-21(25)24(15-8-9-15)12-14-6-4-5-7-17(14)23/h4-7,10-11,15H,8-9,12-13H2,1-3H3. The molecule has 7 nitrogen and oxygen atoms in total. The quantitative estimate of drug-likeness (QED) is 0.584. The molecular weight excluding hydrogens is 393 g/mol. The number of rotatable bonds is 9. The minimum absolute atomic E-state index is 0.0337. The lowest BCUT2D eigenvalue weighted by Gasteiger charge is -2.23. The Morgan fingerprint density at radius 1 is 1.00 bits per heavy atom. The molecule has 1 aliphatic rings. The molecule has 0 atom stereocenters. The zero-order valence-corrected chi connectivity index (χ0v) is 17.1. The van der Waals surface area contributed by atoms with E-state index in [4.69, 9.17) is 18.9 Å². The molecule has 30 heavy (non-hydrogen) atoms. The molecule has 2 aromatic rings. The summed E-state index contributed by atoms with van der Waals surface area (Å²) in [5.41, 5.74) is 0.528. The number of amides is 1. The van der Waals surface area contributed by atoms with Crippen LogP contribution >= 0.6 is 0 Å². The van der Waals surface area contributed by atoms with Crippen LogP contribution in [0.4, 0.5) is 4.39 Å². The Morgan fingerprint density at radius 2 is 1.63 bits per heavy atom. The van der Waals surface area contributed by atoms with Crippen molar-refractivity contribution in [1.29, 1.82) is 0 Å². The molecule has 8 heteroatoms. The summed E-state index contributed by atoms with van der Waals surface area (Å²) in [6, 6.07) is 9.28. The van der Waals surface area contributed by atoms with Gasteiger partial charge in [0.05, 0.1) is 21.3 Å². The lowest BCUT2D eigenvalue weighted by Crippen LogP contribution is -2.36. The maximum Gasteiger partial charge on any atom is 0.342 e. The fourth-order valence-corrected chi connectivity index (χ4v) is 3.09. The van der Waals surface area contributed by atoms with E-state index in [-0.39, 0.29) is 35.6 Å². The summed E-state index contributed by atoms with van der Waals surface area (Å²) in [5.74, 6) is -0.530. The van der Waals surface area contributed by atoms with E-state index in [1.54, 1.807) is 23.1 Å². The summed E-state index contributed by atoms with van der Waals surface area (Å²) in [5, 5.41) is 0. The summed E-state index contributed by atoms with van der Waals surface area (Å²) < 4.78 is 34.9. The smallest absolute Gasteiger partial charge is 0.342 e. The van der Waals surface area contributed by atoms with Crippen molar-refractivity contribution >= 4 is 11.9 Å². The summed E-state index contributed by atoms with van der Waals surface area (Å²) in [6.45, 7) is -0.325. The van der Waals surface area contributed by atoms with Crippen LogP contribution in [0, 0.1) is 5.82 Å². The number of hydrogen-bond acceptors (Lipinski definition) is 6.